The zero-order valence-electron chi connectivity index (χ0n) is 10.4. The van der Waals surface area contributed by atoms with Gasteiger partial charge in [0.25, 0.3) is 0 Å². The number of carbonyl (C=O) groups is 1. The summed E-state index contributed by atoms with van der Waals surface area (Å²) in [5.41, 5.74) is -0.684. The van der Waals surface area contributed by atoms with E-state index >= 15 is 0 Å². The first-order valence-corrected chi connectivity index (χ1v) is 6.29. The molecule has 1 N–H and O–H groups in total. The van der Waals surface area contributed by atoms with Gasteiger partial charge in [0.1, 0.15) is 11.6 Å². The van der Waals surface area contributed by atoms with E-state index in [1.807, 2.05) is 6.92 Å². The molecule has 1 aliphatic heterocycles. The van der Waals surface area contributed by atoms with Crippen molar-refractivity contribution < 1.29 is 13.6 Å². The maximum atomic E-state index is 13.7. The Hall–Kier alpha value is -1.29. The molecule has 0 aromatic heterocycles. The van der Waals surface area contributed by atoms with E-state index < -0.39 is 17.0 Å². The fourth-order valence-electron chi connectivity index (χ4n) is 2.70. The maximum Gasteiger partial charge on any atom is 0.173 e. The standard InChI is InChI=1S/C14H17F2NO/c1-2-5-14(6-7-17-9-14)13(18)11-8-10(15)3-4-12(11)16/h3-4,8,17H,2,5-7,9H2,1H3. The van der Waals surface area contributed by atoms with Crippen LogP contribution in [0.25, 0.3) is 0 Å². The van der Waals surface area contributed by atoms with Crippen molar-refractivity contribution in [2.45, 2.75) is 26.2 Å². The van der Waals surface area contributed by atoms with Crippen molar-refractivity contribution in [3.63, 3.8) is 0 Å². The summed E-state index contributed by atoms with van der Waals surface area (Å²) in [4.78, 5) is 12.5. The average Bonchev–Trinajstić information content (AvgIpc) is 2.82. The number of nitrogens with one attached hydrogen (secondary N) is 1. The first-order valence-electron chi connectivity index (χ1n) is 6.29. The molecule has 1 unspecified atom stereocenters. The van der Waals surface area contributed by atoms with E-state index in [0.717, 1.165) is 31.2 Å². The van der Waals surface area contributed by atoms with Crippen molar-refractivity contribution in [1.29, 1.82) is 0 Å². The van der Waals surface area contributed by atoms with Crippen molar-refractivity contribution in [3.8, 4) is 0 Å². The quantitative estimate of drug-likeness (QED) is 0.836. The van der Waals surface area contributed by atoms with E-state index in [-0.39, 0.29) is 11.3 Å². The van der Waals surface area contributed by atoms with Gasteiger partial charge in [0.15, 0.2) is 5.78 Å². The van der Waals surface area contributed by atoms with Crippen LogP contribution in [-0.4, -0.2) is 18.9 Å². The SMILES string of the molecule is CCCC1(C(=O)c2cc(F)ccc2F)CCNC1. The summed E-state index contributed by atoms with van der Waals surface area (Å²) in [7, 11) is 0. The second-order valence-electron chi connectivity index (χ2n) is 4.91. The molecule has 1 heterocycles. The smallest absolute Gasteiger partial charge is 0.173 e. The molecule has 0 saturated carbocycles. The largest absolute Gasteiger partial charge is 0.316 e. The van der Waals surface area contributed by atoms with Crippen LogP contribution in [0.1, 0.15) is 36.5 Å². The lowest BCUT2D eigenvalue weighted by atomic mass is 9.76. The summed E-state index contributed by atoms with van der Waals surface area (Å²) < 4.78 is 26.8. The number of hydrogen-bond acceptors (Lipinski definition) is 2. The highest BCUT2D eigenvalue weighted by atomic mass is 19.1. The lowest BCUT2D eigenvalue weighted by Crippen LogP contribution is -2.34. The fourth-order valence-corrected chi connectivity index (χ4v) is 2.70. The van der Waals surface area contributed by atoms with Crippen LogP contribution in [0.3, 0.4) is 0 Å². The van der Waals surface area contributed by atoms with E-state index in [4.69, 9.17) is 0 Å². The lowest BCUT2D eigenvalue weighted by molar-refractivity contribution is 0.0796. The monoisotopic (exact) mass is 253 g/mol. The number of ketones is 1. The highest BCUT2D eigenvalue weighted by molar-refractivity contribution is 6.01. The van der Waals surface area contributed by atoms with Crippen molar-refractivity contribution in [2.24, 2.45) is 5.41 Å². The molecule has 4 heteroatoms. The number of benzene rings is 1. The molecular formula is C14H17F2NO. The van der Waals surface area contributed by atoms with Gasteiger partial charge in [-0.05, 0) is 37.6 Å². The van der Waals surface area contributed by atoms with Gasteiger partial charge in [-0.15, -0.1) is 0 Å². The Balaban J connectivity index is 2.36. The van der Waals surface area contributed by atoms with Gasteiger partial charge in [-0.25, -0.2) is 8.78 Å². The van der Waals surface area contributed by atoms with E-state index in [1.54, 1.807) is 0 Å². The molecule has 18 heavy (non-hydrogen) atoms. The third kappa shape index (κ3) is 2.29. The number of hydrogen-bond donors (Lipinski definition) is 1. The minimum atomic E-state index is -0.635. The van der Waals surface area contributed by atoms with Crippen molar-refractivity contribution >= 4 is 5.78 Å². The molecule has 1 aromatic carbocycles. The summed E-state index contributed by atoms with van der Waals surface area (Å²) in [5.74, 6) is -1.48. The van der Waals surface area contributed by atoms with Crippen LogP contribution in [0.5, 0.6) is 0 Å². The molecule has 0 bridgehead atoms. The molecule has 1 atom stereocenters. The van der Waals surface area contributed by atoms with Crippen molar-refractivity contribution in [2.75, 3.05) is 13.1 Å². The molecule has 0 radical (unpaired) electrons. The Morgan fingerprint density at radius 2 is 2.22 bits per heavy atom. The Morgan fingerprint density at radius 3 is 2.83 bits per heavy atom. The third-order valence-corrected chi connectivity index (χ3v) is 3.63. The van der Waals surface area contributed by atoms with E-state index in [1.165, 1.54) is 0 Å². The molecule has 2 rings (SSSR count). The molecule has 2 nitrogen and oxygen atoms in total. The molecule has 1 aromatic rings. The summed E-state index contributed by atoms with van der Waals surface area (Å²) in [5, 5.41) is 3.15. The van der Waals surface area contributed by atoms with Crippen LogP contribution in [0, 0.1) is 17.0 Å². The highest BCUT2D eigenvalue weighted by Gasteiger charge is 2.41. The van der Waals surface area contributed by atoms with Crippen molar-refractivity contribution in [3.05, 3.63) is 35.4 Å². The minimum Gasteiger partial charge on any atom is -0.316 e. The number of Topliss-reactive ketones (excluding diaryl/α,β-unsaturated/α-hetero) is 1. The van der Waals surface area contributed by atoms with Crippen LogP contribution in [0.4, 0.5) is 8.78 Å². The van der Waals surface area contributed by atoms with Gasteiger partial charge in [0, 0.05) is 12.0 Å². The zero-order chi connectivity index (χ0) is 13.2. The van der Waals surface area contributed by atoms with Gasteiger partial charge in [0.2, 0.25) is 0 Å². The zero-order valence-corrected chi connectivity index (χ0v) is 10.4. The number of halogens is 2. The van der Waals surface area contributed by atoms with Crippen LogP contribution in [0.15, 0.2) is 18.2 Å². The first-order chi connectivity index (χ1) is 8.59. The van der Waals surface area contributed by atoms with Crippen LogP contribution >= 0.6 is 0 Å². The molecule has 0 aliphatic carbocycles. The predicted octanol–water partition coefficient (Wildman–Crippen LogP) is 2.93. The van der Waals surface area contributed by atoms with Gasteiger partial charge in [-0.3, -0.25) is 4.79 Å². The summed E-state index contributed by atoms with van der Waals surface area (Å²) in [6.45, 7) is 3.30. The summed E-state index contributed by atoms with van der Waals surface area (Å²) >= 11 is 0. The van der Waals surface area contributed by atoms with Crippen LogP contribution < -0.4 is 5.32 Å². The lowest BCUT2D eigenvalue weighted by Gasteiger charge is -2.26. The normalized spacial score (nSPS) is 23.3. The minimum absolute atomic E-state index is 0.118. The molecule has 0 amide bonds. The third-order valence-electron chi connectivity index (χ3n) is 3.63. The van der Waals surface area contributed by atoms with Crippen LogP contribution in [-0.2, 0) is 0 Å². The Bertz CT molecular complexity index is 453. The Morgan fingerprint density at radius 1 is 1.44 bits per heavy atom. The Labute approximate surface area is 105 Å². The van der Waals surface area contributed by atoms with Gasteiger partial charge < -0.3 is 5.32 Å². The molecular weight excluding hydrogens is 236 g/mol. The van der Waals surface area contributed by atoms with Gasteiger partial charge in [-0.1, -0.05) is 13.3 Å². The number of rotatable bonds is 4. The topological polar surface area (TPSA) is 29.1 Å². The average molecular weight is 253 g/mol. The van der Waals surface area contributed by atoms with Gasteiger partial charge in [-0.2, -0.15) is 0 Å². The fraction of sp³-hybridized carbons (Fsp3) is 0.500. The predicted molar refractivity (Wildman–Crippen MR) is 65.5 cm³/mol. The van der Waals surface area contributed by atoms with E-state index in [0.29, 0.717) is 19.4 Å². The molecule has 98 valence electrons. The molecule has 1 fully saturated rings. The maximum absolute atomic E-state index is 13.7. The second-order valence-corrected chi connectivity index (χ2v) is 4.91. The van der Waals surface area contributed by atoms with Crippen molar-refractivity contribution in [1.82, 2.24) is 5.32 Å². The van der Waals surface area contributed by atoms with Gasteiger partial charge in [0.05, 0.1) is 5.56 Å². The van der Waals surface area contributed by atoms with Crippen LogP contribution in [0.2, 0.25) is 0 Å². The van der Waals surface area contributed by atoms with E-state index in [2.05, 4.69) is 5.32 Å². The highest BCUT2D eigenvalue weighted by Crippen LogP contribution is 2.35. The molecule has 1 saturated heterocycles. The van der Waals surface area contributed by atoms with Gasteiger partial charge >= 0.3 is 0 Å². The molecule has 1 aliphatic rings. The molecule has 0 spiro atoms. The Kier molecular flexibility index (Phi) is 3.76. The summed E-state index contributed by atoms with van der Waals surface area (Å²) in [6.07, 6.45) is 2.24. The second kappa shape index (κ2) is 5.14. The first kappa shape index (κ1) is 13.1. The number of carbonyl (C=O) groups excluding carboxylic acids is 1. The summed E-state index contributed by atoms with van der Waals surface area (Å²) in [6, 6.07) is 3.06. The van der Waals surface area contributed by atoms with E-state index in [9.17, 15) is 13.6 Å².